The van der Waals surface area contributed by atoms with Crippen molar-refractivity contribution >= 4 is 0 Å². The minimum Gasteiger partial charge on any atom is -0.286 e. The molecule has 4 unspecified atom stereocenters. The first-order chi connectivity index (χ1) is 5.31. The summed E-state index contributed by atoms with van der Waals surface area (Å²) in [6.07, 6.45) is 4.19. The number of fused-ring (bicyclic) bond motifs is 1. The molecule has 0 amide bonds. The molecule has 63 valence electrons. The Morgan fingerprint density at radius 2 is 2.36 bits per heavy atom. The summed E-state index contributed by atoms with van der Waals surface area (Å²) in [5, 5.41) is 14.3. The second-order valence-corrected chi connectivity index (χ2v) is 3.91. The lowest BCUT2D eigenvalue weighted by atomic mass is 10.1. The van der Waals surface area contributed by atoms with E-state index in [9.17, 15) is 5.11 Å². The van der Waals surface area contributed by atoms with Crippen molar-refractivity contribution in [3.05, 3.63) is 0 Å². The number of rotatable bonds is 3. The van der Waals surface area contributed by atoms with E-state index in [1.807, 2.05) is 6.92 Å². The molecule has 1 N–H and O–H groups in total. The van der Waals surface area contributed by atoms with E-state index in [-0.39, 0.29) is 0 Å². The van der Waals surface area contributed by atoms with Gasteiger partial charge in [0.05, 0.1) is 0 Å². The summed E-state index contributed by atoms with van der Waals surface area (Å²) in [4.78, 5) is 0. The van der Waals surface area contributed by atoms with Gasteiger partial charge in [0.1, 0.15) is 6.23 Å². The zero-order valence-electron chi connectivity index (χ0n) is 7.05. The van der Waals surface area contributed by atoms with Crippen LogP contribution >= 0.6 is 0 Å². The summed E-state index contributed by atoms with van der Waals surface area (Å²) >= 11 is 0. The predicted molar refractivity (Wildman–Crippen MR) is 42.5 cm³/mol. The number of hydrogen-bond donors (Lipinski definition) is 1. The van der Waals surface area contributed by atoms with Crippen molar-refractivity contribution in [1.82, 2.24) is 5.32 Å². The molecule has 2 heteroatoms. The molecule has 0 saturated heterocycles. The highest BCUT2D eigenvalue weighted by molar-refractivity contribution is 5.01. The van der Waals surface area contributed by atoms with Crippen LogP contribution in [0.1, 0.15) is 32.6 Å². The maximum Gasteiger partial charge on any atom is 0.143 e. The molecule has 2 fully saturated rings. The Kier molecular flexibility index (Phi) is 1.90. The van der Waals surface area contributed by atoms with E-state index in [1.165, 1.54) is 19.3 Å². The van der Waals surface area contributed by atoms with Crippen LogP contribution in [-0.2, 0) is 5.11 Å². The molecular formula is C9H16NO. The van der Waals surface area contributed by atoms with Gasteiger partial charge in [-0.25, -0.2) is 5.11 Å². The van der Waals surface area contributed by atoms with E-state index in [0.717, 1.165) is 11.8 Å². The van der Waals surface area contributed by atoms with Crippen LogP contribution in [0.25, 0.3) is 0 Å². The molecular weight excluding hydrogens is 138 g/mol. The van der Waals surface area contributed by atoms with Gasteiger partial charge in [0, 0.05) is 6.04 Å². The first-order valence-corrected chi connectivity index (χ1v) is 4.73. The highest BCUT2D eigenvalue weighted by atomic mass is 16.3. The first-order valence-electron chi connectivity index (χ1n) is 4.73. The van der Waals surface area contributed by atoms with Crippen molar-refractivity contribution in [2.75, 3.05) is 0 Å². The van der Waals surface area contributed by atoms with Crippen LogP contribution in [0.3, 0.4) is 0 Å². The van der Waals surface area contributed by atoms with E-state index in [4.69, 9.17) is 0 Å². The molecule has 0 spiro atoms. The van der Waals surface area contributed by atoms with Gasteiger partial charge in [-0.3, -0.25) is 5.32 Å². The Balaban J connectivity index is 1.77. The highest BCUT2D eigenvalue weighted by Crippen LogP contribution is 2.51. The Labute approximate surface area is 68.0 Å². The van der Waals surface area contributed by atoms with E-state index < -0.39 is 6.23 Å². The van der Waals surface area contributed by atoms with E-state index in [2.05, 4.69) is 5.32 Å². The van der Waals surface area contributed by atoms with E-state index >= 15 is 0 Å². The van der Waals surface area contributed by atoms with Gasteiger partial charge in [-0.2, -0.15) is 0 Å². The summed E-state index contributed by atoms with van der Waals surface area (Å²) in [5.74, 6) is 1.86. The fourth-order valence-electron chi connectivity index (χ4n) is 2.27. The van der Waals surface area contributed by atoms with Gasteiger partial charge in [-0.1, -0.05) is 6.92 Å². The summed E-state index contributed by atoms with van der Waals surface area (Å²) in [6, 6.07) is 0.572. The smallest absolute Gasteiger partial charge is 0.143 e. The van der Waals surface area contributed by atoms with Gasteiger partial charge in [0.2, 0.25) is 0 Å². The van der Waals surface area contributed by atoms with Crippen LogP contribution in [0.4, 0.5) is 0 Å². The molecule has 2 rings (SSSR count). The van der Waals surface area contributed by atoms with Crippen LogP contribution in [0.15, 0.2) is 0 Å². The van der Waals surface area contributed by atoms with Crippen LogP contribution in [0.5, 0.6) is 0 Å². The second-order valence-electron chi connectivity index (χ2n) is 3.91. The third-order valence-corrected chi connectivity index (χ3v) is 3.11. The van der Waals surface area contributed by atoms with Crippen LogP contribution < -0.4 is 5.32 Å². The van der Waals surface area contributed by atoms with Gasteiger partial charge in [-0.15, -0.1) is 0 Å². The SMILES string of the molecule is CCC([O])NC1CCC2CC21. The zero-order valence-corrected chi connectivity index (χ0v) is 7.05. The van der Waals surface area contributed by atoms with Gasteiger partial charge >= 0.3 is 0 Å². The molecule has 0 bridgehead atoms. The van der Waals surface area contributed by atoms with Crippen LogP contribution in [-0.4, -0.2) is 12.3 Å². The summed E-state index contributed by atoms with van der Waals surface area (Å²) in [7, 11) is 0. The third-order valence-electron chi connectivity index (χ3n) is 3.11. The molecule has 1 radical (unpaired) electrons. The number of nitrogens with one attached hydrogen (secondary N) is 1. The minimum atomic E-state index is -0.514. The Morgan fingerprint density at radius 1 is 1.55 bits per heavy atom. The lowest BCUT2D eigenvalue weighted by Gasteiger charge is -2.16. The Bertz CT molecular complexity index is 148. The normalized spacial score (nSPS) is 43.6. The molecule has 0 aromatic heterocycles. The van der Waals surface area contributed by atoms with Crippen molar-refractivity contribution in [2.24, 2.45) is 11.8 Å². The molecule has 0 heterocycles. The molecule has 2 aliphatic rings. The monoisotopic (exact) mass is 154 g/mol. The summed E-state index contributed by atoms with van der Waals surface area (Å²) < 4.78 is 0. The van der Waals surface area contributed by atoms with Crippen molar-refractivity contribution in [3.8, 4) is 0 Å². The lowest BCUT2D eigenvalue weighted by molar-refractivity contribution is 0.0432. The van der Waals surface area contributed by atoms with Crippen molar-refractivity contribution < 1.29 is 5.11 Å². The van der Waals surface area contributed by atoms with E-state index in [0.29, 0.717) is 12.5 Å². The van der Waals surface area contributed by atoms with Crippen LogP contribution in [0, 0.1) is 11.8 Å². The van der Waals surface area contributed by atoms with Gasteiger partial charge < -0.3 is 0 Å². The Hall–Kier alpha value is -0.0800. The third kappa shape index (κ3) is 1.42. The molecule has 2 nitrogen and oxygen atoms in total. The molecule has 4 atom stereocenters. The Morgan fingerprint density at radius 3 is 2.82 bits per heavy atom. The summed E-state index contributed by atoms with van der Waals surface area (Å²) in [5.41, 5.74) is 0. The molecule has 11 heavy (non-hydrogen) atoms. The van der Waals surface area contributed by atoms with E-state index in [1.54, 1.807) is 0 Å². The fraction of sp³-hybridized carbons (Fsp3) is 1.00. The molecule has 0 aliphatic heterocycles. The van der Waals surface area contributed by atoms with Gasteiger partial charge in [0.25, 0.3) is 0 Å². The largest absolute Gasteiger partial charge is 0.286 e. The predicted octanol–water partition coefficient (Wildman–Crippen LogP) is 1.54. The average molecular weight is 154 g/mol. The average Bonchev–Trinajstić information content (AvgIpc) is 2.70. The van der Waals surface area contributed by atoms with Crippen molar-refractivity contribution in [2.45, 2.75) is 44.9 Å². The van der Waals surface area contributed by atoms with Gasteiger partial charge in [0.15, 0.2) is 0 Å². The summed E-state index contributed by atoms with van der Waals surface area (Å²) in [6.45, 7) is 1.95. The van der Waals surface area contributed by atoms with Crippen LogP contribution in [0.2, 0.25) is 0 Å². The topological polar surface area (TPSA) is 31.9 Å². The standard InChI is InChI=1S/C9H16NO/c1-2-9(11)10-8-4-3-6-5-7(6)8/h6-10H,2-5H2,1H3. The first kappa shape index (κ1) is 7.56. The number of hydrogen-bond acceptors (Lipinski definition) is 1. The zero-order chi connectivity index (χ0) is 7.84. The maximum atomic E-state index is 11.1. The maximum absolute atomic E-state index is 11.1. The lowest BCUT2D eigenvalue weighted by Crippen LogP contribution is -2.37. The van der Waals surface area contributed by atoms with Crippen molar-refractivity contribution in [1.29, 1.82) is 0 Å². The molecule has 2 aliphatic carbocycles. The highest BCUT2D eigenvalue weighted by Gasteiger charge is 2.48. The molecule has 2 saturated carbocycles. The molecule has 0 aromatic rings. The van der Waals surface area contributed by atoms with Gasteiger partial charge in [-0.05, 0) is 37.5 Å². The fourth-order valence-corrected chi connectivity index (χ4v) is 2.27. The van der Waals surface area contributed by atoms with Crippen molar-refractivity contribution in [3.63, 3.8) is 0 Å². The second kappa shape index (κ2) is 2.76. The quantitative estimate of drug-likeness (QED) is 0.614. The minimum absolute atomic E-state index is 0.514. The molecule has 0 aromatic carbocycles.